The van der Waals surface area contributed by atoms with E-state index in [1.165, 1.54) is 6.07 Å². The van der Waals surface area contributed by atoms with E-state index in [1.54, 1.807) is 0 Å². The third kappa shape index (κ3) is 1.01. The summed E-state index contributed by atoms with van der Waals surface area (Å²) in [5.41, 5.74) is -2.66. The Hall–Kier alpha value is -2.10. The molecule has 4 heteroatoms. The molecule has 0 aromatic heterocycles. The zero-order valence-corrected chi connectivity index (χ0v) is 6.94. The van der Waals surface area contributed by atoms with Crippen LogP contribution in [0.25, 0.3) is 0 Å². The van der Waals surface area contributed by atoms with Gasteiger partial charge in [-0.15, -0.1) is 0 Å². The Morgan fingerprint density at radius 3 is 1.93 bits per heavy atom. The maximum Gasteiger partial charge on any atom is 0.237 e. The Bertz CT molecular complexity index is 751. The van der Waals surface area contributed by atoms with Crippen molar-refractivity contribution in [2.75, 3.05) is 0 Å². The molecule has 0 unspecified atom stereocenters. The van der Waals surface area contributed by atoms with Crippen LogP contribution in [0.15, 0.2) is 43.4 Å². The van der Waals surface area contributed by atoms with Gasteiger partial charge >= 0.3 is 0 Å². The maximum atomic E-state index is 11.2. The largest absolute Gasteiger partial charge is 0.289 e. The highest BCUT2D eigenvalue weighted by molar-refractivity contribution is 5.17. The summed E-state index contributed by atoms with van der Waals surface area (Å²) in [4.78, 5) is 44.6. The van der Waals surface area contributed by atoms with Crippen molar-refractivity contribution in [3.63, 3.8) is 0 Å². The molecule has 0 spiro atoms. The highest BCUT2D eigenvalue weighted by atomic mass is 16.2. The summed E-state index contributed by atoms with van der Waals surface area (Å²) in [7, 11) is 0. The van der Waals surface area contributed by atoms with Gasteiger partial charge < -0.3 is 0 Å². The lowest BCUT2D eigenvalue weighted by Crippen LogP contribution is -2.30. The lowest BCUT2D eigenvalue weighted by molar-refractivity contribution is 1.28. The van der Waals surface area contributed by atoms with Crippen LogP contribution in [-0.4, -0.2) is 0 Å². The molecule has 0 aliphatic heterocycles. The molecule has 0 radical (unpaired) electrons. The molecule has 14 heavy (non-hydrogen) atoms. The zero-order valence-electron chi connectivity index (χ0n) is 6.94. The van der Waals surface area contributed by atoms with Crippen LogP contribution in [0, 0.1) is 10.4 Å². The smallest absolute Gasteiger partial charge is 0.237 e. The first-order valence-corrected chi connectivity index (χ1v) is 3.89. The molecule has 4 nitrogen and oxygen atoms in total. The van der Waals surface area contributed by atoms with Crippen LogP contribution in [0.5, 0.6) is 0 Å². The predicted molar refractivity (Wildman–Crippen MR) is 49.2 cm³/mol. The van der Waals surface area contributed by atoms with E-state index in [9.17, 15) is 19.2 Å². The zero-order chi connectivity index (χ0) is 10.3. The Labute approximate surface area is 76.4 Å². The van der Waals surface area contributed by atoms with Crippen LogP contribution in [0.2, 0.25) is 0 Å². The normalized spacial score (nSPS) is 10.6. The molecule has 0 atom stereocenters. The summed E-state index contributed by atoms with van der Waals surface area (Å²) in [5, 5.41) is -0.285. The van der Waals surface area contributed by atoms with Gasteiger partial charge in [0.15, 0.2) is 10.9 Å². The molecule has 0 N–H and O–H groups in total. The van der Waals surface area contributed by atoms with Crippen LogP contribution in [0.3, 0.4) is 0 Å². The maximum absolute atomic E-state index is 11.2. The Morgan fingerprint density at radius 1 is 0.643 bits per heavy atom. The topological polar surface area (TPSA) is 68.3 Å². The molecule has 0 bridgehead atoms. The molecule has 0 amide bonds. The van der Waals surface area contributed by atoms with Crippen LogP contribution in [0.4, 0.5) is 0 Å². The molecule has 0 saturated heterocycles. The molecule has 0 heterocycles. The van der Waals surface area contributed by atoms with E-state index in [0.29, 0.717) is 0 Å². The summed E-state index contributed by atoms with van der Waals surface area (Å²) in [6.07, 6.45) is 0. The van der Waals surface area contributed by atoms with Gasteiger partial charge in [-0.1, -0.05) is 0 Å². The number of rotatable bonds is 0. The van der Waals surface area contributed by atoms with Gasteiger partial charge in [-0.3, -0.25) is 19.2 Å². The molecule has 2 aliphatic rings. The lowest BCUT2D eigenvalue weighted by Gasteiger charge is -1.86. The Kier molecular flexibility index (Phi) is 1.64. The van der Waals surface area contributed by atoms with Crippen molar-refractivity contribution in [2.45, 2.75) is 0 Å². The molecule has 0 fully saturated rings. The van der Waals surface area contributed by atoms with Crippen molar-refractivity contribution in [3.8, 4) is 0 Å². The molecule has 0 aromatic carbocycles. The monoisotopic (exact) mass is 188 g/mol. The number of hydrogen-bond acceptors (Lipinski definition) is 4. The molecule has 2 rings (SSSR count). The van der Waals surface area contributed by atoms with Crippen LogP contribution in [0.1, 0.15) is 0 Å². The highest BCUT2D eigenvalue weighted by Crippen LogP contribution is 1.79. The van der Waals surface area contributed by atoms with Crippen molar-refractivity contribution < 1.29 is 0 Å². The van der Waals surface area contributed by atoms with Crippen molar-refractivity contribution in [2.24, 2.45) is 0 Å². The Balaban J connectivity index is 3.50. The molecule has 68 valence electrons. The van der Waals surface area contributed by atoms with Gasteiger partial charge in [-0.2, -0.15) is 0 Å². The number of hydrogen-bond donors (Lipinski definition) is 0. The molecule has 0 aromatic rings. The van der Waals surface area contributed by atoms with Gasteiger partial charge in [0.25, 0.3) is 0 Å². The first-order valence-electron chi connectivity index (χ1n) is 3.89. The minimum absolute atomic E-state index is 0.0158. The van der Waals surface area contributed by atoms with E-state index in [2.05, 4.69) is 0 Å². The Morgan fingerprint density at radius 2 is 1.21 bits per heavy atom. The van der Waals surface area contributed by atoms with E-state index in [0.717, 1.165) is 18.2 Å². The molecule has 0 saturated carbocycles. The van der Waals surface area contributed by atoms with Gasteiger partial charge in [-0.25, -0.2) is 0 Å². The van der Waals surface area contributed by atoms with Crippen LogP contribution >= 0.6 is 0 Å². The van der Waals surface area contributed by atoms with Gasteiger partial charge in [0.2, 0.25) is 10.9 Å². The summed E-state index contributed by atoms with van der Waals surface area (Å²) in [6, 6.07) is 4.31. The van der Waals surface area contributed by atoms with Crippen molar-refractivity contribution in [3.05, 3.63) is 75.6 Å². The standard InChI is InChI=1S/C10H4O4/c11-6-3-4-7(12)9-5(6)1-2-8(13)10(9)14/h1-4H. The second-order valence-electron chi connectivity index (χ2n) is 2.88. The highest BCUT2D eigenvalue weighted by Gasteiger charge is 2.03. The predicted octanol–water partition coefficient (Wildman–Crippen LogP) is -1.27. The molecular formula is C10H4O4. The minimum Gasteiger partial charge on any atom is -0.289 e. The van der Waals surface area contributed by atoms with Crippen molar-refractivity contribution >= 4 is 0 Å². The molecule has 2 aliphatic carbocycles. The van der Waals surface area contributed by atoms with Crippen LogP contribution in [-0.2, 0) is 0 Å². The summed E-state index contributed by atoms with van der Waals surface area (Å²) in [6.45, 7) is 0. The second-order valence-corrected chi connectivity index (χ2v) is 2.88. The van der Waals surface area contributed by atoms with Gasteiger partial charge in [-0.05, 0) is 24.3 Å². The lowest BCUT2D eigenvalue weighted by atomic mass is 10.1. The van der Waals surface area contributed by atoms with Crippen LogP contribution < -0.4 is 21.7 Å². The van der Waals surface area contributed by atoms with E-state index in [1.807, 2.05) is 0 Å². The van der Waals surface area contributed by atoms with E-state index in [-0.39, 0.29) is 10.4 Å². The van der Waals surface area contributed by atoms with E-state index < -0.39 is 21.7 Å². The van der Waals surface area contributed by atoms with Gasteiger partial charge in [0.1, 0.15) is 0 Å². The first-order chi connectivity index (χ1) is 6.61. The third-order valence-corrected chi connectivity index (χ3v) is 2.02. The average molecular weight is 188 g/mol. The average Bonchev–Trinajstić information content (AvgIpc) is 2.16. The van der Waals surface area contributed by atoms with Crippen molar-refractivity contribution in [1.82, 2.24) is 0 Å². The fourth-order valence-electron chi connectivity index (χ4n) is 1.34. The fourth-order valence-corrected chi connectivity index (χ4v) is 1.34. The van der Waals surface area contributed by atoms with E-state index in [4.69, 9.17) is 0 Å². The first kappa shape index (κ1) is 8.50. The molecular weight excluding hydrogens is 184 g/mol. The second kappa shape index (κ2) is 2.70. The minimum atomic E-state index is -0.898. The summed E-state index contributed by atoms with van der Waals surface area (Å²) in [5.74, 6) is 0. The van der Waals surface area contributed by atoms with E-state index >= 15 is 0 Å². The quantitative estimate of drug-likeness (QED) is 0.483. The third-order valence-electron chi connectivity index (χ3n) is 2.02. The summed E-state index contributed by atoms with van der Waals surface area (Å²) >= 11 is 0. The van der Waals surface area contributed by atoms with Crippen molar-refractivity contribution in [1.29, 1.82) is 0 Å². The SMILES string of the molecule is O=c1ccc(=O)c2c(=O)c(=O)ccc1=2. The van der Waals surface area contributed by atoms with Gasteiger partial charge in [0, 0.05) is 5.22 Å². The van der Waals surface area contributed by atoms with Gasteiger partial charge in [0.05, 0.1) is 5.22 Å². The fraction of sp³-hybridized carbons (Fsp3) is 0. The summed E-state index contributed by atoms with van der Waals surface area (Å²) < 4.78 is 0.